The molecule has 1 N–H and O–H groups in total. The van der Waals surface area contributed by atoms with Gasteiger partial charge in [0, 0.05) is 25.5 Å². The Hall–Kier alpha value is -3.41. The molecule has 0 bridgehead atoms. The number of hydrogen-bond acceptors (Lipinski definition) is 4. The first-order chi connectivity index (χ1) is 13.1. The summed E-state index contributed by atoms with van der Waals surface area (Å²) in [5, 5.41) is 3.01. The predicted octanol–water partition coefficient (Wildman–Crippen LogP) is 4.25. The van der Waals surface area contributed by atoms with Gasteiger partial charge in [0.2, 0.25) is 0 Å². The largest absolute Gasteiger partial charge is 0.497 e. The summed E-state index contributed by atoms with van der Waals surface area (Å²) in [7, 11) is 3.34. The molecule has 0 spiro atoms. The molecular formula is C21H20FN3O2. The van der Waals surface area contributed by atoms with Gasteiger partial charge in [-0.3, -0.25) is 4.79 Å². The number of carbonyl (C=O) groups is 1. The third-order valence-corrected chi connectivity index (χ3v) is 4.05. The number of nitrogens with one attached hydrogen (secondary N) is 1. The molecule has 1 amide bonds. The van der Waals surface area contributed by atoms with Crippen molar-refractivity contribution in [2.24, 2.45) is 0 Å². The highest BCUT2D eigenvalue weighted by Crippen LogP contribution is 2.21. The molecule has 1 heterocycles. The van der Waals surface area contributed by atoms with Gasteiger partial charge in [0.1, 0.15) is 17.4 Å². The highest BCUT2D eigenvalue weighted by atomic mass is 19.1. The number of hydrogen-bond donors (Lipinski definition) is 1. The molecule has 0 saturated heterocycles. The minimum Gasteiger partial charge on any atom is -0.497 e. The molecule has 1 aromatic heterocycles. The average molecular weight is 365 g/mol. The lowest BCUT2D eigenvalue weighted by Gasteiger charge is -2.19. The van der Waals surface area contributed by atoms with Gasteiger partial charge < -0.3 is 15.0 Å². The highest BCUT2D eigenvalue weighted by Gasteiger charge is 2.17. The van der Waals surface area contributed by atoms with E-state index in [0.717, 1.165) is 11.3 Å². The van der Waals surface area contributed by atoms with E-state index in [-0.39, 0.29) is 11.7 Å². The number of amides is 1. The van der Waals surface area contributed by atoms with Crippen molar-refractivity contribution in [3.8, 4) is 5.75 Å². The normalized spacial score (nSPS) is 10.3. The van der Waals surface area contributed by atoms with Crippen LogP contribution in [0, 0.1) is 5.82 Å². The Morgan fingerprint density at radius 1 is 1.15 bits per heavy atom. The summed E-state index contributed by atoms with van der Waals surface area (Å²) in [6.45, 7) is 0.442. The first kappa shape index (κ1) is 18.4. The van der Waals surface area contributed by atoms with Crippen LogP contribution in [0.3, 0.4) is 0 Å². The molecule has 27 heavy (non-hydrogen) atoms. The van der Waals surface area contributed by atoms with Crippen molar-refractivity contribution in [2.75, 3.05) is 19.5 Å². The lowest BCUT2D eigenvalue weighted by Crippen LogP contribution is -2.27. The van der Waals surface area contributed by atoms with Crippen LogP contribution in [0.2, 0.25) is 0 Å². The number of halogens is 1. The monoisotopic (exact) mass is 365 g/mol. The Morgan fingerprint density at radius 2 is 1.93 bits per heavy atom. The molecule has 0 aliphatic rings. The molecule has 3 rings (SSSR count). The smallest absolute Gasteiger partial charge is 0.257 e. The Bertz CT molecular complexity index is 929. The van der Waals surface area contributed by atoms with E-state index in [1.165, 1.54) is 12.1 Å². The Kier molecular flexibility index (Phi) is 5.66. The van der Waals surface area contributed by atoms with Crippen molar-refractivity contribution in [3.05, 3.63) is 83.8 Å². The lowest BCUT2D eigenvalue weighted by molar-refractivity contribution is 0.0786. The van der Waals surface area contributed by atoms with Crippen LogP contribution in [0.4, 0.5) is 15.9 Å². The molecule has 0 aliphatic heterocycles. The van der Waals surface area contributed by atoms with Gasteiger partial charge in [-0.2, -0.15) is 0 Å². The summed E-state index contributed by atoms with van der Waals surface area (Å²) in [5.74, 6) is 0.606. The van der Waals surface area contributed by atoms with Gasteiger partial charge in [-0.05, 0) is 48.0 Å². The number of carbonyl (C=O) groups excluding carboxylic acids is 1. The van der Waals surface area contributed by atoms with E-state index in [1.54, 1.807) is 49.5 Å². The second-order valence-electron chi connectivity index (χ2n) is 6.04. The van der Waals surface area contributed by atoms with Crippen LogP contribution >= 0.6 is 0 Å². The zero-order chi connectivity index (χ0) is 19.2. The summed E-state index contributed by atoms with van der Waals surface area (Å²) in [6.07, 6.45) is 1.59. The van der Waals surface area contributed by atoms with E-state index >= 15 is 0 Å². The third kappa shape index (κ3) is 4.61. The van der Waals surface area contributed by atoms with E-state index in [9.17, 15) is 9.18 Å². The van der Waals surface area contributed by atoms with E-state index in [4.69, 9.17) is 4.74 Å². The first-order valence-electron chi connectivity index (χ1n) is 8.43. The molecule has 0 unspecified atom stereocenters. The fraction of sp³-hybridized carbons (Fsp3) is 0.143. The van der Waals surface area contributed by atoms with Crippen LogP contribution in [0.5, 0.6) is 5.75 Å². The summed E-state index contributed by atoms with van der Waals surface area (Å²) in [5.41, 5.74) is 1.92. The van der Waals surface area contributed by atoms with Gasteiger partial charge in [0.25, 0.3) is 5.91 Å². The standard InChI is InChI=1S/C21H20FN3O2/c1-25(14-15-8-10-18(27-2)11-9-15)21(26)19-7-4-12-23-20(19)24-17-6-3-5-16(22)13-17/h3-13H,14H2,1-2H3,(H,23,24). The molecule has 0 aliphatic carbocycles. The van der Waals surface area contributed by atoms with Crippen LogP contribution in [-0.2, 0) is 6.54 Å². The third-order valence-electron chi connectivity index (χ3n) is 4.05. The van der Waals surface area contributed by atoms with Gasteiger partial charge in [0.15, 0.2) is 0 Å². The number of methoxy groups -OCH3 is 1. The fourth-order valence-electron chi connectivity index (χ4n) is 2.66. The number of benzene rings is 2. The molecule has 6 heteroatoms. The molecule has 2 aromatic carbocycles. The van der Waals surface area contributed by atoms with Gasteiger partial charge in [-0.15, -0.1) is 0 Å². The second-order valence-corrected chi connectivity index (χ2v) is 6.04. The van der Waals surface area contributed by atoms with Crippen molar-refractivity contribution in [1.29, 1.82) is 0 Å². The van der Waals surface area contributed by atoms with Crippen LogP contribution < -0.4 is 10.1 Å². The Balaban J connectivity index is 1.77. The van der Waals surface area contributed by atoms with Gasteiger partial charge in [-0.25, -0.2) is 9.37 Å². The number of nitrogens with zero attached hydrogens (tertiary/aromatic N) is 2. The van der Waals surface area contributed by atoms with E-state index in [0.29, 0.717) is 23.6 Å². The average Bonchev–Trinajstić information content (AvgIpc) is 2.68. The molecule has 5 nitrogen and oxygen atoms in total. The summed E-state index contributed by atoms with van der Waals surface area (Å²) >= 11 is 0. The van der Waals surface area contributed by atoms with Crippen molar-refractivity contribution in [1.82, 2.24) is 9.88 Å². The summed E-state index contributed by atoms with van der Waals surface area (Å²) in [4.78, 5) is 18.7. The zero-order valence-electron chi connectivity index (χ0n) is 15.1. The van der Waals surface area contributed by atoms with Crippen LogP contribution in [-0.4, -0.2) is 29.9 Å². The first-order valence-corrected chi connectivity index (χ1v) is 8.43. The Morgan fingerprint density at radius 3 is 2.63 bits per heavy atom. The SMILES string of the molecule is COc1ccc(CN(C)C(=O)c2cccnc2Nc2cccc(F)c2)cc1. The molecule has 0 atom stereocenters. The van der Waals surface area contributed by atoms with Crippen molar-refractivity contribution in [3.63, 3.8) is 0 Å². The van der Waals surface area contributed by atoms with Crippen LogP contribution in [0.1, 0.15) is 15.9 Å². The topological polar surface area (TPSA) is 54.5 Å². The molecule has 0 saturated carbocycles. The molecule has 0 fully saturated rings. The van der Waals surface area contributed by atoms with E-state index < -0.39 is 0 Å². The predicted molar refractivity (Wildman–Crippen MR) is 103 cm³/mol. The van der Waals surface area contributed by atoms with Gasteiger partial charge >= 0.3 is 0 Å². The lowest BCUT2D eigenvalue weighted by atomic mass is 10.1. The minimum atomic E-state index is -0.361. The number of ether oxygens (including phenoxy) is 1. The van der Waals surface area contributed by atoms with Gasteiger partial charge in [-0.1, -0.05) is 18.2 Å². The number of anilines is 2. The molecule has 138 valence electrons. The maximum atomic E-state index is 13.4. The van der Waals surface area contributed by atoms with Crippen LogP contribution in [0.15, 0.2) is 66.9 Å². The van der Waals surface area contributed by atoms with E-state index in [1.807, 2.05) is 24.3 Å². The Labute approximate surface area is 157 Å². The number of pyridine rings is 1. The van der Waals surface area contributed by atoms with Gasteiger partial charge in [0.05, 0.1) is 12.7 Å². The second kappa shape index (κ2) is 8.31. The van der Waals surface area contributed by atoms with E-state index in [2.05, 4.69) is 10.3 Å². The number of aromatic nitrogens is 1. The molecule has 0 radical (unpaired) electrons. The summed E-state index contributed by atoms with van der Waals surface area (Å²) < 4.78 is 18.6. The maximum Gasteiger partial charge on any atom is 0.257 e. The quantitative estimate of drug-likeness (QED) is 0.710. The fourth-order valence-corrected chi connectivity index (χ4v) is 2.66. The highest BCUT2D eigenvalue weighted by molar-refractivity contribution is 5.99. The number of rotatable bonds is 6. The molecular weight excluding hydrogens is 345 g/mol. The maximum absolute atomic E-state index is 13.4. The van der Waals surface area contributed by atoms with Crippen LogP contribution in [0.25, 0.3) is 0 Å². The zero-order valence-corrected chi connectivity index (χ0v) is 15.1. The van der Waals surface area contributed by atoms with Crippen molar-refractivity contribution < 1.29 is 13.9 Å². The van der Waals surface area contributed by atoms with Crippen molar-refractivity contribution in [2.45, 2.75) is 6.54 Å². The summed E-state index contributed by atoms with van der Waals surface area (Å²) in [6, 6.07) is 17.0. The van der Waals surface area contributed by atoms with Crippen molar-refractivity contribution >= 4 is 17.4 Å². The molecule has 3 aromatic rings. The minimum absolute atomic E-state index is 0.183.